The third-order valence-corrected chi connectivity index (χ3v) is 4.22. The van der Waals surface area contributed by atoms with Crippen LogP contribution in [0.3, 0.4) is 0 Å². The Labute approximate surface area is 145 Å². The monoisotopic (exact) mass is 368 g/mol. The predicted molar refractivity (Wildman–Crippen MR) is 87.4 cm³/mol. The summed E-state index contributed by atoms with van der Waals surface area (Å²) in [7, 11) is 0. The molecule has 8 heteroatoms. The van der Waals surface area contributed by atoms with Crippen molar-refractivity contribution in [1.29, 1.82) is 0 Å². The molecule has 0 bridgehead atoms. The number of aromatic nitrogens is 2. The van der Waals surface area contributed by atoms with E-state index in [4.69, 9.17) is 16.3 Å². The van der Waals surface area contributed by atoms with Gasteiger partial charge in [-0.05, 0) is 48.8 Å². The Balaban J connectivity index is 1.76. The molecule has 0 aliphatic carbocycles. The molecule has 4 nitrogen and oxygen atoms in total. The number of nitrogens with zero attached hydrogens (tertiary/aromatic N) is 2. The van der Waals surface area contributed by atoms with Crippen molar-refractivity contribution in [2.24, 2.45) is 0 Å². The highest BCUT2D eigenvalue weighted by Gasteiger charge is 2.14. The molecule has 0 saturated heterocycles. The van der Waals surface area contributed by atoms with Crippen molar-refractivity contribution in [3.63, 3.8) is 0 Å². The second-order valence-electron chi connectivity index (χ2n) is 4.95. The number of phenolic OH excluding ortho intramolecular Hbond substituents is 1. The molecule has 3 rings (SSSR count). The Morgan fingerprint density at radius 2 is 2.04 bits per heavy atom. The van der Waals surface area contributed by atoms with E-state index in [0.717, 1.165) is 17.6 Å². The van der Waals surface area contributed by atoms with Crippen LogP contribution in [0.4, 0.5) is 8.78 Å². The Hall–Kier alpha value is -2.25. The first kappa shape index (κ1) is 16.6. The number of hydrogen-bond acceptors (Lipinski definition) is 5. The maximum atomic E-state index is 13.9. The van der Waals surface area contributed by atoms with Crippen LogP contribution in [-0.2, 0) is 6.61 Å². The highest BCUT2D eigenvalue weighted by atomic mass is 35.5. The fourth-order valence-corrected chi connectivity index (χ4v) is 2.74. The number of ether oxygens (including phenoxy) is 1. The van der Waals surface area contributed by atoms with Gasteiger partial charge in [-0.1, -0.05) is 11.6 Å². The van der Waals surface area contributed by atoms with E-state index in [1.165, 1.54) is 19.1 Å². The van der Waals surface area contributed by atoms with E-state index >= 15 is 0 Å². The van der Waals surface area contributed by atoms with Gasteiger partial charge < -0.3 is 9.84 Å². The summed E-state index contributed by atoms with van der Waals surface area (Å²) in [4.78, 5) is 4.24. The van der Waals surface area contributed by atoms with Gasteiger partial charge in [-0.25, -0.2) is 13.8 Å². The van der Waals surface area contributed by atoms with E-state index in [9.17, 15) is 13.9 Å². The number of benzene rings is 2. The van der Waals surface area contributed by atoms with Crippen molar-refractivity contribution in [1.82, 2.24) is 9.36 Å². The first-order valence-corrected chi connectivity index (χ1v) is 7.99. The van der Waals surface area contributed by atoms with E-state index in [1.54, 1.807) is 12.1 Å². The van der Waals surface area contributed by atoms with Gasteiger partial charge in [0, 0.05) is 10.6 Å². The lowest BCUT2D eigenvalue weighted by molar-refractivity contribution is 0.288. The Morgan fingerprint density at radius 3 is 2.79 bits per heavy atom. The summed E-state index contributed by atoms with van der Waals surface area (Å²) < 4.78 is 36.6. The first-order chi connectivity index (χ1) is 11.5. The predicted octanol–water partition coefficient (Wildman–Crippen LogP) is 4.73. The largest absolute Gasteiger partial charge is 0.507 e. The number of aromatic hydroxyl groups is 1. The maximum absolute atomic E-state index is 13.9. The van der Waals surface area contributed by atoms with Crippen LogP contribution in [0.25, 0.3) is 11.4 Å². The van der Waals surface area contributed by atoms with Gasteiger partial charge in [-0.2, -0.15) is 4.37 Å². The molecule has 1 aromatic heterocycles. The lowest BCUT2D eigenvalue weighted by Crippen LogP contribution is -1.99. The second-order valence-corrected chi connectivity index (χ2v) is 6.22. The normalized spacial score (nSPS) is 10.8. The molecule has 0 radical (unpaired) electrons. The van der Waals surface area contributed by atoms with Gasteiger partial charge in [0.2, 0.25) is 0 Å². The van der Waals surface area contributed by atoms with E-state index in [1.807, 2.05) is 0 Å². The van der Waals surface area contributed by atoms with Crippen molar-refractivity contribution in [3.05, 3.63) is 57.6 Å². The summed E-state index contributed by atoms with van der Waals surface area (Å²) in [5.74, 6) is -1.14. The van der Waals surface area contributed by atoms with E-state index in [0.29, 0.717) is 21.4 Å². The van der Waals surface area contributed by atoms with E-state index in [2.05, 4.69) is 9.36 Å². The topological polar surface area (TPSA) is 55.2 Å². The number of halogens is 3. The van der Waals surface area contributed by atoms with Crippen molar-refractivity contribution < 1.29 is 18.6 Å². The summed E-state index contributed by atoms with van der Waals surface area (Å²) >= 11 is 6.85. The van der Waals surface area contributed by atoms with Crippen LogP contribution in [0.1, 0.15) is 10.6 Å². The third-order valence-electron chi connectivity index (χ3n) is 3.30. The average Bonchev–Trinajstić information content (AvgIpc) is 3.00. The van der Waals surface area contributed by atoms with Crippen LogP contribution in [0.2, 0.25) is 5.02 Å². The van der Waals surface area contributed by atoms with Crippen LogP contribution in [0.5, 0.6) is 11.5 Å². The zero-order chi connectivity index (χ0) is 17.3. The molecule has 0 fully saturated rings. The molecule has 0 amide bonds. The minimum atomic E-state index is -0.741. The van der Waals surface area contributed by atoms with Gasteiger partial charge in [0.25, 0.3) is 0 Å². The molecule has 0 saturated carbocycles. The molecule has 1 N–H and O–H groups in total. The molecule has 1 heterocycles. The zero-order valence-electron chi connectivity index (χ0n) is 12.4. The van der Waals surface area contributed by atoms with Gasteiger partial charge in [0.05, 0.1) is 5.56 Å². The standard InChI is InChI=1S/C16H11ClF2N2O2S/c1-8-11(18)4-5-13(15(8)19)23-7-14-20-16(21-24-14)10-3-2-9(17)6-12(10)22/h2-6,22H,7H2,1H3. The molecule has 0 atom stereocenters. The minimum absolute atomic E-state index is 0.0198. The van der Waals surface area contributed by atoms with Gasteiger partial charge in [0.15, 0.2) is 22.4 Å². The Kier molecular flexibility index (Phi) is 4.64. The number of rotatable bonds is 4. The van der Waals surface area contributed by atoms with Crippen molar-refractivity contribution in [2.75, 3.05) is 0 Å². The summed E-state index contributed by atoms with van der Waals surface area (Å²) in [6.07, 6.45) is 0. The molecule has 3 aromatic rings. The van der Waals surface area contributed by atoms with Gasteiger partial charge in [0.1, 0.15) is 18.2 Å². The van der Waals surface area contributed by atoms with E-state index < -0.39 is 11.6 Å². The molecule has 0 spiro atoms. The lowest BCUT2D eigenvalue weighted by atomic mass is 10.2. The second kappa shape index (κ2) is 6.70. The molecule has 24 heavy (non-hydrogen) atoms. The quantitative estimate of drug-likeness (QED) is 0.723. The summed E-state index contributed by atoms with van der Waals surface area (Å²) in [5.41, 5.74) is 0.335. The Morgan fingerprint density at radius 1 is 1.25 bits per heavy atom. The maximum Gasteiger partial charge on any atom is 0.176 e. The molecule has 0 aliphatic rings. The highest BCUT2D eigenvalue weighted by molar-refractivity contribution is 7.05. The smallest absolute Gasteiger partial charge is 0.176 e. The molecule has 0 aliphatic heterocycles. The highest BCUT2D eigenvalue weighted by Crippen LogP contribution is 2.30. The number of phenols is 1. The van der Waals surface area contributed by atoms with Gasteiger partial charge >= 0.3 is 0 Å². The molecule has 2 aromatic carbocycles. The van der Waals surface area contributed by atoms with Crippen LogP contribution in [-0.4, -0.2) is 14.5 Å². The minimum Gasteiger partial charge on any atom is -0.507 e. The fraction of sp³-hybridized carbons (Fsp3) is 0.125. The SMILES string of the molecule is Cc1c(F)ccc(OCc2nc(-c3ccc(Cl)cc3O)ns2)c1F. The van der Waals surface area contributed by atoms with E-state index in [-0.39, 0.29) is 23.7 Å². The van der Waals surface area contributed by atoms with Crippen LogP contribution in [0.15, 0.2) is 30.3 Å². The summed E-state index contributed by atoms with van der Waals surface area (Å²) in [6, 6.07) is 6.98. The van der Waals surface area contributed by atoms with Crippen LogP contribution >= 0.6 is 23.1 Å². The first-order valence-electron chi connectivity index (χ1n) is 6.84. The molecule has 124 valence electrons. The zero-order valence-corrected chi connectivity index (χ0v) is 14.0. The van der Waals surface area contributed by atoms with Crippen LogP contribution < -0.4 is 4.74 Å². The van der Waals surface area contributed by atoms with Crippen molar-refractivity contribution >= 4 is 23.1 Å². The third kappa shape index (κ3) is 3.32. The molecule has 0 unspecified atom stereocenters. The van der Waals surface area contributed by atoms with Crippen LogP contribution in [0, 0.1) is 18.6 Å². The molecular formula is C16H11ClF2N2O2S. The van der Waals surface area contributed by atoms with Gasteiger partial charge in [-0.15, -0.1) is 0 Å². The fourth-order valence-electron chi connectivity index (χ4n) is 2.00. The van der Waals surface area contributed by atoms with Crippen molar-refractivity contribution in [3.8, 4) is 22.9 Å². The van der Waals surface area contributed by atoms with Crippen molar-refractivity contribution in [2.45, 2.75) is 13.5 Å². The average molecular weight is 369 g/mol. The lowest BCUT2D eigenvalue weighted by Gasteiger charge is -2.07. The Bertz CT molecular complexity index is 902. The summed E-state index contributed by atoms with van der Waals surface area (Å²) in [5, 5.41) is 10.8. The summed E-state index contributed by atoms with van der Waals surface area (Å²) in [6.45, 7) is 1.32. The van der Waals surface area contributed by atoms with Gasteiger partial charge in [-0.3, -0.25) is 0 Å². The number of hydrogen-bond donors (Lipinski definition) is 1. The molecular weight excluding hydrogens is 358 g/mol.